The fourth-order valence-electron chi connectivity index (χ4n) is 9.32. The molecule has 0 radical (unpaired) electrons. The van der Waals surface area contributed by atoms with Crippen molar-refractivity contribution in [1.82, 2.24) is 10.2 Å². The first-order valence-electron chi connectivity index (χ1n) is 15.7. The number of carbonyl (C=O) groups is 1. The first-order valence-corrected chi connectivity index (χ1v) is 15.7. The normalized spacial score (nSPS) is 38.5. The zero-order valence-electron chi connectivity index (χ0n) is 25.6. The summed E-state index contributed by atoms with van der Waals surface area (Å²) in [7, 11) is 6.47. The molecule has 0 unspecified atom stereocenters. The van der Waals surface area contributed by atoms with Crippen LogP contribution in [0.1, 0.15) is 78.6 Å². The number of fused-ring (bicyclic) bond motifs is 5. The second-order valence-corrected chi connectivity index (χ2v) is 14.8. The minimum absolute atomic E-state index is 0.0942. The van der Waals surface area contributed by atoms with Crippen LogP contribution >= 0.6 is 0 Å². The molecule has 0 aromatic heterocycles. The Morgan fingerprint density at radius 2 is 1.72 bits per heavy atom. The van der Waals surface area contributed by atoms with Crippen molar-refractivity contribution in [1.29, 1.82) is 0 Å². The highest BCUT2D eigenvalue weighted by atomic mass is 16.7. The number of hydrogen-bond donors (Lipinski definition) is 3. The highest BCUT2D eigenvalue weighted by molar-refractivity contribution is 5.85. The molecule has 8 heteroatoms. The largest absolute Gasteiger partial charge is 0.436 e. The summed E-state index contributed by atoms with van der Waals surface area (Å²) in [6.07, 6.45) is 9.98. The van der Waals surface area contributed by atoms with E-state index >= 15 is 0 Å². The Balaban J connectivity index is 1.34. The smallest absolute Gasteiger partial charge is 0.395 e. The summed E-state index contributed by atoms with van der Waals surface area (Å²) >= 11 is 0. The zero-order valence-corrected chi connectivity index (χ0v) is 25.6. The minimum Gasteiger partial charge on any atom is -0.395 e. The maximum atomic E-state index is 12.9. The molecule has 0 heterocycles. The Bertz CT molecular complexity index is 875. The molecule has 3 N–H and O–H groups in total. The van der Waals surface area contributed by atoms with Gasteiger partial charge in [-0.05, 0) is 99.2 Å². The molecule has 4 saturated carbocycles. The van der Waals surface area contributed by atoms with Crippen LogP contribution < -0.4 is 5.32 Å². The number of nitrogens with one attached hydrogen (secondary N) is 1. The molecule has 4 aliphatic carbocycles. The number of likely N-dealkylation sites (N-methyl/N-ethyl adjacent to an activating group) is 1. The third kappa shape index (κ3) is 6.65. The van der Waals surface area contributed by atoms with Crippen LogP contribution in [0.4, 0.5) is 4.79 Å². The Kier molecular flexibility index (Phi) is 9.72. The van der Waals surface area contributed by atoms with E-state index in [9.17, 15) is 15.0 Å². The average molecular weight is 550 g/mol. The first kappa shape index (κ1) is 30.7. The van der Waals surface area contributed by atoms with E-state index in [2.05, 4.69) is 45.5 Å². The fraction of sp³-hybridized carbons (Fsp3) is 0.935. The lowest BCUT2D eigenvalue weighted by Crippen LogP contribution is -2.54. The molecular weight excluding hydrogens is 492 g/mol. The van der Waals surface area contributed by atoms with Gasteiger partial charge in [-0.25, -0.2) is 4.79 Å². The number of aliphatic hydroxyl groups is 2. The second kappa shape index (κ2) is 12.3. The number of amides is 1. The number of nitrogens with zero attached hydrogens (tertiary/aromatic N) is 3. The maximum Gasteiger partial charge on any atom is 0.436 e. The molecule has 4 fully saturated rings. The van der Waals surface area contributed by atoms with E-state index in [-0.39, 0.29) is 24.7 Å². The van der Waals surface area contributed by atoms with Crippen molar-refractivity contribution in [2.75, 3.05) is 60.5 Å². The lowest BCUT2D eigenvalue weighted by molar-refractivity contribution is -0.869. The van der Waals surface area contributed by atoms with Gasteiger partial charge < -0.3 is 24.9 Å². The lowest BCUT2D eigenvalue weighted by atomic mass is 9.44. The van der Waals surface area contributed by atoms with E-state index in [0.717, 1.165) is 54.4 Å². The summed E-state index contributed by atoms with van der Waals surface area (Å²) < 4.78 is 0.885. The van der Waals surface area contributed by atoms with E-state index in [1.165, 1.54) is 38.5 Å². The summed E-state index contributed by atoms with van der Waals surface area (Å²) in [6.45, 7) is 10.2. The molecule has 39 heavy (non-hydrogen) atoms. The summed E-state index contributed by atoms with van der Waals surface area (Å²) in [6, 6.07) is 0. The summed E-state index contributed by atoms with van der Waals surface area (Å²) in [4.78, 5) is 19.9. The minimum atomic E-state index is -0.481. The third-order valence-electron chi connectivity index (χ3n) is 11.6. The number of oxime groups is 1. The topological polar surface area (TPSA) is 94.4 Å². The van der Waals surface area contributed by atoms with Crippen LogP contribution in [0.3, 0.4) is 0 Å². The average Bonchev–Trinajstić information content (AvgIpc) is 3.23. The maximum absolute atomic E-state index is 12.9. The van der Waals surface area contributed by atoms with Crippen LogP contribution in [0.25, 0.3) is 0 Å². The number of aliphatic hydroxyl groups excluding tert-OH is 2. The van der Waals surface area contributed by atoms with Gasteiger partial charge in [-0.15, -0.1) is 0 Å². The van der Waals surface area contributed by atoms with Gasteiger partial charge in [0.1, 0.15) is 0 Å². The monoisotopic (exact) mass is 549 g/mol. The van der Waals surface area contributed by atoms with Crippen molar-refractivity contribution < 1.29 is 24.3 Å². The predicted molar refractivity (Wildman–Crippen MR) is 155 cm³/mol. The van der Waals surface area contributed by atoms with E-state index in [1.807, 2.05) is 6.92 Å². The molecule has 8 nitrogen and oxygen atoms in total. The molecule has 0 bridgehead atoms. The van der Waals surface area contributed by atoms with Crippen molar-refractivity contribution in [3.63, 3.8) is 0 Å². The van der Waals surface area contributed by atoms with Crippen molar-refractivity contribution in [2.45, 2.75) is 84.7 Å². The van der Waals surface area contributed by atoms with Crippen LogP contribution in [-0.2, 0) is 4.84 Å². The standard InChI is InChI=1S/C31H57N4O4/c1-22(33-39-29(38)34(18-20-36)17-15-32-16-19-35(4,5)6)26-9-10-27-25-8-7-23-21-24(37)11-13-30(23,2)28(25)12-14-31(26,27)3/h23-28,32,36-37H,7-21H2,1-6H3/q+1/b33-22+/t23-,24-,25-,26+,27-,28-,30-,31+/m0/s1. The Labute approximate surface area is 237 Å². The van der Waals surface area contributed by atoms with Crippen LogP contribution in [0.5, 0.6) is 0 Å². The molecule has 8 atom stereocenters. The summed E-state index contributed by atoms with van der Waals surface area (Å²) in [5.41, 5.74) is 1.54. The van der Waals surface area contributed by atoms with Crippen LogP contribution in [0.2, 0.25) is 0 Å². The second-order valence-electron chi connectivity index (χ2n) is 14.8. The molecule has 1 amide bonds. The van der Waals surface area contributed by atoms with Gasteiger partial charge in [0.15, 0.2) is 0 Å². The number of rotatable bonds is 10. The molecule has 0 aromatic carbocycles. The van der Waals surface area contributed by atoms with Crippen LogP contribution in [0, 0.1) is 40.4 Å². The number of quaternary nitrogens is 1. The van der Waals surface area contributed by atoms with E-state index in [4.69, 9.17) is 4.84 Å². The van der Waals surface area contributed by atoms with Crippen molar-refractivity contribution in [3.8, 4) is 0 Å². The van der Waals surface area contributed by atoms with Gasteiger partial charge in [0.05, 0.1) is 46.1 Å². The fourth-order valence-corrected chi connectivity index (χ4v) is 9.32. The molecule has 4 aliphatic rings. The molecule has 0 aliphatic heterocycles. The van der Waals surface area contributed by atoms with Crippen molar-refractivity contribution >= 4 is 11.8 Å². The first-order chi connectivity index (χ1) is 18.4. The predicted octanol–water partition coefficient (Wildman–Crippen LogP) is 4.11. The third-order valence-corrected chi connectivity index (χ3v) is 11.6. The lowest BCUT2D eigenvalue weighted by Gasteiger charge is -2.61. The molecule has 224 valence electrons. The number of hydrogen-bond acceptors (Lipinski definition) is 6. The zero-order chi connectivity index (χ0) is 28.4. The van der Waals surface area contributed by atoms with Gasteiger partial charge in [-0.3, -0.25) is 4.84 Å². The molecule has 0 saturated heterocycles. The Hall–Kier alpha value is -1.22. The Morgan fingerprint density at radius 1 is 1.00 bits per heavy atom. The van der Waals surface area contributed by atoms with Gasteiger partial charge in [0, 0.05) is 32.1 Å². The Morgan fingerprint density at radius 3 is 2.44 bits per heavy atom. The van der Waals surface area contributed by atoms with E-state index in [1.54, 1.807) is 4.90 Å². The van der Waals surface area contributed by atoms with Crippen molar-refractivity contribution in [3.05, 3.63) is 0 Å². The highest BCUT2D eigenvalue weighted by Gasteiger charge is 2.60. The van der Waals surface area contributed by atoms with Crippen molar-refractivity contribution in [2.24, 2.45) is 45.6 Å². The van der Waals surface area contributed by atoms with Crippen LogP contribution in [-0.4, -0.2) is 98.0 Å². The summed E-state index contributed by atoms with van der Waals surface area (Å²) in [5, 5.41) is 27.6. The highest BCUT2D eigenvalue weighted by Crippen LogP contribution is 2.67. The van der Waals surface area contributed by atoms with Crippen LogP contribution in [0.15, 0.2) is 5.16 Å². The molecule has 0 spiro atoms. The van der Waals surface area contributed by atoms with Gasteiger partial charge in [0.25, 0.3) is 0 Å². The molecule has 0 aromatic rings. The SMILES string of the molecule is C/C(=N\OC(=O)N(CCO)CCNCC[N+](C)(C)C)[C@H]1CC[C@H]2[C@@H]3CC[C@H]4C[C@@H](O)CC[C@]4(C)[C@H]3CC[C@]12C. The van der Waals surface area contributed by atoms with Gasteiger partial charge in [0.2, 0.25) is 0 Å². The van der Waals surface area contributed by atoms with Gasteiger partial charge >= 0.3 is 6.09 Å². The summed E-state index contributed by atoms with van der Waals surface area (Å²) in [5.74, 6) is 3.28. The number of carbonyl (C=O) groups excluding carboxylic acids is 1. The molecule has 4 rings (SSSR count). The molecular formula is C31H57N4O4+. The van der Waals surface area contributed by atoms with Gasteiger partial charge in [-0.2, -0.15) is 0 Å². The van der Waals surface area contributed by atoms with E-state index in [0.29, 0.717) is 36.3 Å². The van der Waals surface area contributed by atoms with Gasteiger partial charge in [-0.1, -0.05) is 19.0 Å². The quantitative estimate of drug-likeness (QED) is 0.125. The van der Waals surface area contributed by atoms with E-state index < -0.39 is 6.09 Å².